The maximum atomic E-state index is 12.7. The molecule has 8 heteroatoms. The highest BCUT2D eigenvalue weighted by Crippen LogP contribution is 2.52. The number of nitrogens with zero attached hydrogens (tertiary/aromatic N) is 2. The standard InChI is InChI=1S/C22H27ClN4O2S/c1-24-22(26-10-12-30-17-7-5-16(23)6-8-17)25-9-2-11-27-20(28)18-14-3-4-15(13-14)19(18)21(27)29/h3-8,14-15,18-19H,2,9-13H2,1H3,(H2,24,25,26). The summed E-state index contributed by atoms with van der Waals surface area (Å²) in [5.74, 6) is 2.03. The SMILES string of the molecule is CN=C(NCCCN1C(=O)C2C3C=CC(C3)C2C1=O)NCCSc1ccc(Cl)cc1. The fourth-order valence-corrected chi connectivity index (χ4v) is 5.61. The molecule has 1 aromatic carbocycles. The number of imide groups is 1. The quantitative estimate of drug-likeness (QED) is 0.160. The van der Waals surface area contributed by atoms with Crippen molar-refractivity contribution >= 4 is 41.1 Å². The number of likely N-dealkylation sites (tertiary alicyclic amines) is 1. The minimum absolute atomic E-state index is 0.0311. The molecule has 3 aliphatic rings. The molecule has 0 aromatic heterocycles. The van der Waals surface area contributed by atoms with Gasteiger partial charge in [0.05, 0.1) is 11.8 Å². The molecule has 2 N–H and O–H groups in total. The van der Waals surface area contributed by atoms with Crippen molar-refractivity contribution in [2.45, 2.75) is 17.7 Å². The highest BCUT2D eigenvalue weighted by Gasteiger charge is 2.58. The lowest BCUT2D eigenvalue weighted by Crippen LogP contribution is -2.40. The summed E-state index contributed by atoms with van der Waals surface area (Å²) < 4.78 is 0. The second kappa shape index (κ2) is 9.43. The largest absolute Gasteiger partial charge is 0.356 e. The van der Waals surface area contributed by atoms with E-state index in [1.54, 1.807) is 18.8 Å². The van der Waals surface area contributed by atoms with E-state index in [4.69, 9.17) is 11.6 Å². The number of carbonyl (C=O) groups excluding carboxylic acids is 2. The predicted octanol–water partition coefficient (Wildman–Crippen LogP) is 2.79. The first-order chi connectivity index (χ1) is 14.6. The number of hydrogen-bond donors (Lipinski definition) is 2. The van der Waals surface area contributed by atoms with Gasteiger partial charge in [0.2, 0.25) is 11.8 Å². The zero-order valence-electron chi connectivity index (χ0n) is 17.0. The van der Waals surface area contributed by atoms with E-state index in [2.05, 4.69) is 27.8 Å². The van der Waals surface area contributed by atoms with E-state index in [0.29, 0.717) is 19.5 Å². The van der Waals surface area contributed by atoms with Crippen LogP contribution in [0.15, 0.2) is 46.3 Å². The van der Waals surface area contributed by atoms with Crippen LogP contribution in [-0.2, 0) is 9.59 Å². The maximum Gasteiger partial charge on any atom is 0.233 e. The molecule has 0 spiro atoms. The van der Waals surface area contributed by atoms with E-state index in [-0.39, 0.29) is 35.5 Å². The van der Waals surface area contributed by atoms with Crippen LogP contribution in [0.1, 0.15) is 12.8 Å². The highest BCUT2D eigenvalue weighted by molar-refractivity contribution is 7.99. The maximum absolute atomic E-state index is 12.7. The highest BCUT2D eigenvalue weighted by atomic mass is 35.5. The lowest BCUT2D eigenvalue weighted by Gasteiger charge is -2.18. The number of halogens is 1. The van der Waals surface area contributed by atoms with Crippen LogP contribution in [-0.4, -0.2) is 55.1 Å². The third-order valence-electron chi connectivity index (χ3n) is 6.11. The van der Waals surface area contributed by atoms with Gasteiger partial charge in [-0.05, 0) is 48.9 Å². The molecule has 1 saturated heterocycles. The van der Waals surface area contributed by atoms with E-state index in [1.165, 1.54) is 9.80 Å². The van der Waals surface area contributed by atoms with Gasteiger partial charge in [-0.1, -0.05) is 23.8 Å². The van der Waals surface area contributed by atoms with Crippen LogP contribution in [0.2, 0.25) is 5.02 Å². The van der Waals surface area contributed by atoms with Crippen molar-refractivity contribution in [1.82, 2.24) is 15.5 Å². The number of aliphatic imine (C=N–C) groups is 1. The summed E-state index contributed by atoms with van der Waals surface area (Å²) in [6.45, 7) is 1.90. The van der Waals surface area contributed by atoms with Crippen LogP contribution in [0.4, 0.5) is 0 Å². The molecular formula is C22H27ClN4O2S. The van der Waals surface area contributed by atoms with Crippen LogP contribution in [0.25, 0.3) is 0 Å². The van der Waals surface area contributed by atoms with Gasteiger partial charge < -0.3 is 10.6 Å². The Labute approximate surface area is 186 Å². The van der Waals surface area contributed by atoms with Crippen LogP contribution in [0.3, 0.4) is 0 Å². The van der Waals surface area contributed by atoms with Crippen molar-refractivity contribution in [3.63, 3.8) is 0 Å². The molecule has 6 nitrogen and oxygen atoms in total. The van der Waals surface area contributed by atoms with Crippen molar-refractivity contribution in [3.05, 3.63) is 41.4 Å². The van der Waals surface area contributed by atoms with E-state index in [9.17, 15) is 9.59 Å². The minimum Gasteiger partial charge on any atom is -0.356 e. The van der Waals surface area contributed by atoms with Crippen LogP contribution >= 0.6 is 23.4 Å². The fraction of sp³-hybridized carbons (Fsp3) is 0.500. The van der Waals surface area contributed by atoms with Crippen molar-refractivity contribution < 1.29 is 9.59 Å². The van der Waals surface area contributed by atoms with Crippen LogP contribution in [0.5, 0.6) is 0 Å². The molecule has 1 aromatic rings. The lowest BCUT2D eigenvalue weighted by molar-refractivity contribution is -0.140. The fourth-order valence-electron chi connectivity index (χ4n) is 4.72. The molecular weight excluding hydrogens is 420 g/mol. The van der Waals surface area contributed by atoms with Gasteiger partial charge in [-0.2, -0.15) is 0 Å². The summed E-state index contributed by atoms with van der Waals surface area (Å²) in [5, 5.41) is 7.29. The Balaban J connectivity index is 1.14. The number of nitrogens with one attached hydrogen (secondary N) is 2. The monoisotopic (exact) mass is 446 g/mol. The molecule has 1 heterocycles. The third kappa shape index (κ3) is 4.37. The number of hydrogen-bond acceptors (Lipinski definition) is 4. The van der Waals surface area contributed by atoms with Gasteiger partial charge in [-0.25, -0.2) is 0 Å². The molecule has 2 bridgehead atoms. The Morgan fingerprint density at radius 2 is 1.73 bits per heavy atom. The van der Waals surface area contributed by atoms with Gasteiger partial charge in [0.25, 0.3) is 0 Å². The number of rotatable bonds is 8. The number of benzene rings is 1. The summed E-state index contributed by atoms with van der Waals surface area (Å²) in [6, 6.07) is 7.80. The molecule has 0 radical (unpaired) electrons. The molecule has 1 aliphatic heterocycles. The first kappa shape index (κ1) is 21.2. The minimum atomic E-state index is -0.104. The average Bonchev–Trinajstić information content (AvgIpc) is 3.43. The summed E-state index contributed by atoms with van der Waals surface area (Å²) in [7, 11) is 1.74. The Kier molecular flexibility index (Phi) is 6.68. The molecule has 2 fully saturated rings. The Hall–Kier alpha value is -1.99. The number of amides is 2. The summed E-state index contributed by atoms with van der Waals surface area (Å²) in [6.07, 6.45) is 5.94. The van der Waals surface area contributed by atoms with E-state index >= 15 is 0 Å². The van der Waals surface area contributed by atoms with E-state index in [0.717, 1.165) is 29.7 Å². The Morgan fingerprint density at radius 1 is 1.10 bits per heavy atom. The number of guanidine groups is 1. The van der Waals surface area contributed by atoms with Gasteiger partial charge in [0, 0.05) is 42.4 Å². The summed E-state index contributed by atoms with van der Waals surface area (Å²) >= 11 is 7.65. The predicted molar refractivity (Wildman–Crippen MR) is 121 cm³/mol. The van der Waals surface area contributed by atoms with Crippen LogP contribution in [0, 0.1) is 23.7 Å². The Morgan fingerprint density at radius 3 is 2.37 bits per heavy atom. The summed E-state index contributed by atoms with van der Waals surface area (Å²) in [5.41, 5.74) is 0. The molecule has 4 atom stereocenters. The van der Waals surface area contributed by atoms with Gasteiger partial charge >= 0.3 is 0 Å². The van der Waals surface area contributed by atoms with Crippen molar-refractivity contribution in [2.75, 3.05) is 32.4 Å². The van der Waals surface area contributed by atoms with E-state index in [1.807, 2.05) is 24.3 Å². The molecule has 2 amide bonds. The normalized spacial score (nSPS) is 27.1. The van der Waals surface area contributed by atoms with Crippen molar-refractivity contribution in [3.8, 4) is 0 Å². The number of carbonyl (C=O) groups is 2. The molecule has 30 heavy (non-hydrogen) atoms. The van der Waals surface area contributed by atoms with Crippen LogP contribution < -0.4 is 10.6 Å². The average molecular weight is 447 g/mol. The zero-order chi connectivity index (χ0) is 21.1. The molecule has 160 valence electrons. The summed E-state index contributed by atoms with van der Waals surface area (Å²) in [4.78, 5) is 32.3. The number of thioether (sulfide) groups is 1. The van der Waals surface area contributed by atoms with Crippen molar-refractivity contribution in [1.29, 1.82) is 0 Å². The molecule has 4 unspecified atom stereocenters. The third-order valence-corrected chi connectivity index (χ3v) is 7.38. The second-order valence-electron chi connectivity index (χ2n) is 7.91. The van der Waals surface area contributed by atoms with E-state index < -0.39 is 0 Å². The van der Waals surface area contributed by atoms with Gasteiger partial charge in [0.15, 0.2) is 5.96 Å². The number of fused-ring (bicyclic) bond motifs is 5. The zero-order valence-corrected chi connectivity index (χ0v) is 18.6. The molecule has 4 rings (SSSR count). The Bertz CT molecular complexity index is 827. The van der Waals surface area contributed by atoms with Gasteiger partial charge in [0.1, 0.15) is 0 Å². The smallest absolute Gasteiger partial charge is 0.233 e. The molecule has 2 aliphatic carbocycles. The lowest BCUT2D eigenvalue weighted by atomic mass is 9.85. The van der Waals surface area contributed by atoms with Crippen molar-refractivity contribution in [2.24, 2.45) is 28.7 Å². The number of allylic oxidation sites excluding steroid dienone is 2. The second-order valence-corrected chi connectivity index (χ2v) is 9.51. The first-order valence-corrected chi connectivity index (χ1v) is 11.8. The van der Waals surface area contributed by atoms with Gasteiger partial charge in [-0.15, -0.1) is 11.8 Å². The van der Waals surface area contributed by atoms with Gasteiger partial charge in [-0.3, -0.25) is 19.5 Å². The topological polar surface area (TPSA) is 73.8 Å². The first-order valence-electron chi connectivity index (χ1n) is 10.4. The molecule has 1 saturated carbocycles.